The van der Waals surface area contributed by atoms with E-state index in [1.807, 2.05) is 0 Å². The third kappa shape index (κ3) is 1.45. The summed E-state index contributed by atoms with van der Waals surface area (Å²) >= 11 is 0. The summed E-state index contributed by atoms with van der Waals surface area (Å²) in [4.78, 5) is 25.7. The maximum Gasteiger partial charge on any atom is 0.327 e. The first-order valence-electron chi connectivity index (χ1n) is 6.90. The van der Waals surface area contributed by atoms with Crippen LogP contribution in [0.3, 0.4) is 0 Å². The number of urea groups is 1. The van der Waals surface area contributed by atoms with E-state index in [1.54, 1.807) is 12.1 Å². The Morgan fingerprint density at radius 3 is 2.48 bits per heavy atom. The van der Waals surface area contributed by atoms with E-state index in [2.05, 4.69) is 5.32 Å². The van der Waals surface area contributed by atoms with E-state index in [0.717, 1.165) is 4.90 Å². The van der Waals surface area contributed by atoms with Gasteiger partial charge in [-0.2, -0.15) is 0 Å². The summed E-state index contributed by atoms with van der Waals surface area (Å²) < 4.78 is 0. The van der Waals surface area contributed by atoms with Crippen molar-refractivity contribution >= 4 is 17.5 Å². The van der Waals surface area contributed by atoms with Gasteiger partial charge in [-0.05, 0) is 12.1 Å². The van der Waals surface area contributed by atoms with Crippen molar-refractivity contribution in [3.63, 3.8) is 0 Å². The molecule has 23 heavy (non-hydrogen) atoms. The van der Waals surface area contributed by atoms with E-state index in [4.69, 9.17) is 0 Å². The van der Waals surface area contributed by atoms with Crippen molar-refractivity contribution in [2.24, 2.45) is 0 Å². The number of fused-ring (bicyclic) bond motifs is 3. The first kappa shape index (κ1) is 13.7. The molecule has 0 aromatic heterocycles. The fraction of sp³-hybridized carbons (Fsp3) is 0.125. The number of nitrogens with zero attached hydrogens (tertiary/aromatic N) is 1. The molecule has 0 saturated carbocycles. The standard InChI is InChI=1S/C16H12N2O5/c19-10-5-3-4-9(8-10)18-14(21)17-15(22)13(20)11-6-1-2-7-12(11)16(15,18)23/h1-8,19,22-23H,(H,17,21)/t15-,16+/m0/s1. The van der Waals surface area contributed by atoms with E-state index in [0.29, 0.717) is 0 Å². The van der Waals surface area contributed by atoms with Gasteiger partial charge in [-0.1, -0.05) is 30.3 Å². The molecule has 4 rings (SSSR count). The third-order valence-electron chi connectivity index (χ3n) is 4.28. The Morgan fingerprint density at radius 1 is 1.00 bits per heavy atom. The molecule has 0 spiro atoms. The SMILES string of the molecule is O=C1N[C@]2(O)C(=O)c3ccccc3[C@]2(O)N1c1cccc(O)c1. The van der Waals surface area contributed by atoms with Crippen molar-refractivity contribution in [2.75, 3.05) is 4.90 Å². The number of rotatable bonds is 1. The quantitative estimate of drug-likeness (QED) is 0.618. The Bertz CT molecular complexity index is 867. The molecule has 2 aromatic carbocycles. The van der Waals surface area contributed by atoms with Crippen LogP contribution in [0, 0.1) is 0 Å². The van der Waals surface area contributed by atoms with Gasteiger partial charge in [0.15, 0.2) is 0 Å². The minimum Gasteiger partial charge on any atom is -0.508 e. The number of anilines is 1. The van der Waals surface area contributed by atoms with Crippen LogP contribution in [0.1, 0.15) is 15.9 Å². The van der Waals surface area contributed by atoms with E-state index in [-0.39, 0.29) is 22.6 Å². The second-order valence-electron chi connectivity index (χ2n) is 5.54. The summed E-state index contributed by atoms with van der Waals surface area (Å²) in [5, 5.41) is 33.7. The lowest BCUT2D eigenvalue weighted by molar-refractivity contribution is -0.109. The van der Waals surface area contributed by atoms with Crippen molar-refractivity contribution in [3.8, 4) is 5.75 Å². The molecule has 116 valence electrons. The first-order chi connectivity index (χ1) is 10.9. The lowest BCUT2D eigenvalue weighted by atomic mass is 9.98. The molecule has 2 aromatic rings. The van der Waals surface area contributed by atoms with Gasteiger partial charge in [0.05, 0.1) is 5.69 Å². The topological polar surface area (TPSA) is 110 Å². The van der Waals surface area contributed by atoms with Gasteiger partial charge in [-0.25, -0.2) is 4.79 Å². The summed E-state index contributed by atoms with van der Waals surface area (Å²) in [5.41, 5.74) is -4.40. The Balaban J connectivity index is 2.00. The molecule has 1 fully saturated rings. The van der Waals surface area contributed by atoms with Gasteiger partial charge in [0.1, 0.15) is 5.75 Å². The fourth-order valence-electron chi connectivity index (χ4n) is 3.25. The predicted molar refractivity (Wildman–Crippen MR) is 78.7 cm³/mol. The summed E-state index contributed by atoms with van der Waals surface area (Å²) in [5.74, 6) is -0.904. The van der Waals surface area contributed by atoms with Gasteiger partial charge in [0.25, 0.3) is 5.72 Å². The molecular weight excluding hydrogens is 300 g/mol. The van der Waals surface area contributed by atoms with Crippen LogP contribution in [-0.4, -0.2) is 32.9 Å². The number of aromatic hydroxyl groups is 1. The van der Waals surface area contributed by atoms with Crippen molar-refractivity contribution in [2.45, 2.75) is 11.4 Å². The molecule has 7 nitrogen and oxygen atoms in total. The minimum atomic E-state index is -2.49. The number of ketones is 1. The number of hydrogen-bond donors (Lipinski definition) is 4. The fourth-order valence-corrected chi connectivity index (χ4v) is 3.25. The minimum absolute atomic E-state index is 0.119. The van der Waals surface area contributed by atoms with Crippen LogP contribution in [0.15, 0.2) is 48.5 Å². The van der Waals surface area contributed by atoms with Crippen LogP contribution in [0.4, 0.5) is 10.5 Å². The number of amides is 2. The molecular formula is C16H12N2O5. The molecule has 1 saturated heterocycles. The number of nitrogens with one attached hydrogen (secondary N) is 1. The Kier molecular flexibility index (Phi) is 2.45. The zero-order chi connectivity index (χ0) is 16.4. The highest BCUT2D eigenvalue weighted by molar-refractivity contribution is 6.15. The molecule has 1 aliphatic heterocycles. The molecule has 1 heterocycles. The smallest absolute Gasteiger partial charge is 0.327 e. The number of aliphatic hydroxyl groups is 2. The molecule has 2 atom stereocenters. The van der Waals surface area contributed by atoms with Crippen LogP contribution in [0.2, 0.25) is 0 Å². The van der Waals surface area contributed by atoms with Crippen molar-refractivity contribution in [1.29, 1.82) is 0 Å². The number of phenolic OH excluding ortho intramolecular Hbond substituents is 1. The number of Topliss-reactive ketones (excluding diaryl/α,β-unsaturated/α-hetero) is 1. The number of phenols is 1. The average Bonchev–Trinajstić information content (AvgIpc) is 2.83. The lowest BCUT2D eigenvalue weighted by Gasteiger charge is -2.35. The zero-order valence-corrected chi connectivity index (χ0v) is 11.7. The highest BCUT2D eigenvalue weighted by Gasteiger charge is 2.72. The second-order valence-corrected chi connectivity index (χ2v) is 5.54. The molecule has 4 N–H and O–H groups in total. The number of hydrogen-bond acceptors (Lipinski definition) is 5. The van der Waals surface area contributed by atoms with Crippen LogP contribution in [0.5, 0.6) is 5.75 Å². The summed E-state index contributed by atoms with van der Waals surface area (Å²) in [6.45, 7) is 0. The Morgan fingerprint density at radius 2 is 1.74 bits per heavy atom. The normalized spacial score (nSPS) is 28.5. The molecule has 2 amide bonds. The zero-order valence-electron chi connectivity index (χ0n) is 11.7. The number of carbonyl (C=O) groups is 2. The number of benzene rings is 2. The van der Waals surface area contributed by atoms with Crippen molar-refractivity contribution in [1.82, 2.24) is 5.32 Å². The second kappa shape index (κ2) is 4.09. The van der Waals surface area contributed by atoms with Crippen molar-refractivity contribution < 1.29 is 24.9 Å². The summed E-state index contributed by atoms with van der Waals surface area (Å²) in [7, 11) is 0. The van der Waals surface area contributed by atoms with Crippen LogP contribution < -0.4 is 10.2 Å². The average molecular weight is 312 g/mol. The van der Waals surface area contributed by atoms with E-state index >= 15 is 0 Å². The first-order valence-corrected chi connectivity index (χ1v) is 6.90. The van der Waals surface area contributed by atoms with Crippen LogP contribution in [-0.2, 0) is 5.72 Å². The van der Waals surface area contributed by atoms with Gasteiger partial charge < -0.3 is 15.3 Å². The van der Waals surface area contributed by atoms with Gasteiger partial charge in [0.2, 0.25) is 11.5 Å². The van der Waals surface area contributed by atoms with Gasteiger partial charge in [-0.3, -0.25) is 15.0 Å². The molecule has 0 radical (unpaired) electrons. The molecule has 7 heteroatoms. The number of carbonyl (C=O) groups excluding carboxylic acids is 2. The Hall–Kier alpha value is -2.90. The van der Waals surface area contributed by atoms with Gasteiger partial charge in [0, 0.05) is 17.2 Å². The summed E-state index contributed by atoms with van der Waals surface area (Å²) in [6, 6.07) is 10.9. The molecule has 1 aliphatic carbocycles. The molecule has 0 bridgehead atoms. The third-order valence-corrected chi connectivity index (χ3v) is 4.28. The molecule has 2 aliphatic rings. The predicted octanol–water partition coefficient (Wildman–Crippen LogP) is 0.652. The highest BCUT2D eigenvalue weighted by Crippen LogP contribution is 2.50. The van der Waals surface area contributed by atoms with Gasteiger partial charge in [-0.15, -0.1) is 0 Å². The van der Waals surface area contributed by atoms with E-state index in [9.17, 15) is 24.9 Å². The van der Waals surface area contributed by atoms with E-state index < -0.39 is 23.3 Å². The lowest BCUT2D eigenvalue weighted by Crippen LogP contribution is -2.59. The van der Waals surface area contributed by atoms with Crippen molar-refractivity contribution in [3.05, 3.63) is 59.7 Å². The molecule has 0 unspecified atom stereocenters. The van der Waals surface area contributed by atoms with Crippen LogP contribution >= 0.6 is 0 Å². The van der Waals surface area contributed by atoms with Gasteiger partial charge >= 0.3 is 6.03 Å². The largest absolute Gasteiger partial charge is 0.508 e. The summed E-state index contributed by atoms with van der Waals surface area (Å²) in [6.07, 6.45) is 0. The maximum atomic E-state index is 12.5. The van der Waals surface area contributed by atoms with Crippen LogP contribution in [0.25, 0.3) is 0 Å². The van der Waals surface area contributed by atoms with E-state index in [1.165, 1.54) is 36.4 Å². The monoisotopic (exact) mass is 312 g/mol. The maximum absolute atomic E-state index is 12.5. The highest BCUT2D eigenvalue weighted by atomic mass is 16.4. The Labute approximate surface area is 130 Å².